The van der Waals surface area contributed by atoms with Crippen LogP contribution in [0, 0.1) is 0 Å². The third kappa shape index (κ3) is 5.66. The third-order valence-electron chi connectivity index (χ3n) is 12.3. The molecule has 3 heteroatoms. The molecule has 61 heavy (non-hydrogen) atoms. The summed E-state index contributed by atoms with van der Waals surface area (Å²) in [6.45, 7) is 0. The van der Waals surface area contributed by atoms with Crippen molar-refractivity contribution in [3.05, 3.63) is 237 Å². The molecule has 0 N–H and O–H groups in total. The van der Waals surface area contributed by atoms with E-state index in [1.165, 1.54) is 60.0 Å². The number of fused-ring (bicyclic) bond motifs is 7. The molecule has 0 saturated carbocycles. The standard InChI is InChI=1S/C58H39N3/c1-3-19-40(20-4-1)47-27-9-13-31-52(47)60(57-36-18-35-56-58(57)50-30-12-16-34-55(50)59(56)43-23-5-2-6-24-43)44-25-17-22-42(37-44)51-39-45(38-41-21-7-8-26-46(41)51)61-53-32-14-10-28-48(53)49-29-11-15-33-54(49)61/h1-39H. The van der Waals surface area contributed by atoms with Gasteiger partial charge in [0.1, 0.15) is 0 Å². The molecule has 12 rings (SSSR count). The number of aromatic nitrogens is 2. The molecule has 2 heterocycles. The van der Waals surface area contributed by atoms with E-state index in [1.807, 2.05) is 0 Å². The Labute approximate surface area is 354 Å². The highest BCUT2D eigenvalue weighted by molar-refractivity contribution is 6.17. The first kappa shape index (κ1) is 34.9. The van der Waals surface area contributed by atoms with E-state index in [0.717, 1.165) is 45.1 Å². The molecule has 0 atom stereocenters. The number of anilines is 3. The molecule has 0 aliphatic heterocycles. The molecule has 0 spiro atoms. The van der Waals surface area contributed by atoms with Crippen LogP contribution < -0.4 is 4.90 Å². The van der Waals surface area contributed by atoms with Crippen LogP contribution in [0.25, 0.3) is 88.0 Å². The largest absolute Gasteiger partial charge is 0.309 e. The van der Waals surface area contributed by atoms with E-state index < -0.39 is 0 Å². The zero-order chi connectivity index (χ0) is 40.3. The summed E-state index contributed by atoms with van der Waals surface area (Å²) in [7, 11) is 0. The second-order valence-electron chi connectivity index (χ2n) is 15.7. The summed E-state index contributed by atoms with van der Waals surface area (Å²) in [5.41, 5.74) is 15.0. The average molecular weight is 778 g/mol. The predicted molar refractivity (Wildman–Crippen MR) is 258 cm³/mol. The molecule has 0 fully saturated rings. The molecule has 12 aromatic rings. The Morgan fingerprint density at radius 3 is 1.57 bits per heavy atom. The number of nitrogens with zero attached hydrogens (tertiary/aromatic N) is 3. The molecule has 0 unspecified atom stereocenters. The van der Waals surface area contributed by atoms with Crippen molar-refractivity contribution in [1.29, 1.82) is 0 Å². The van der Waals surface area contributed by atoms with E-state index >= 15 is 0 Å². The number of hydrogen-bond acceptors (Lipinski definition) is 1. The maximum Gasteiger partial charge on any atom is 0.0562 e. The van der Waals surface area contributed by atoms with Crippen LogP contribution in [0.1, 0.15) is 0 Å². The van der Waals surface area contributed by atoms with Gasteiger partial charge in [-0.05, 0) is 100 Å². The van der Waals surface area contributed by atoms with E-state index in [4.69, 9.17) is 0 Å². The summed E-state index contributed by atoms with van der Waals surface area (Å²) in [5, 5.41) is 7.34. The average Bonchev–Trinajstić information content (AvgIpc) is 3.86. The summed E-state index contributed by atoms with van der Waals surface area (Å²) in [6.07, 6.45) is 0. The Hall–Kier alpha value is -8.14. The quantitative estimate of drug-likeness (QED) is 0.157. The van der Waals surface area contributed by atoms with Crippen molar-refractivity contribution in [2.45, 2.75) is 0 Å². The summed E-state index contributed by atoms with van der Waals surface area (Å²) in [4.78, 5) is 2.48. The molecule has 286 valence electrons. The summed E-state index contributed by atoms with van der Waals surface area (Å²) in [6, 6.07) is 86.0. The number of rotatable bonds is 7. The highest BCUT2D eigenvalue weighted by Crippen LogP contribution is 2.47. The Morgan fingerprint density at radius 1 is 0.295 bits per heavy atom. The lowest BCUT2D eigenvalue weighted by molar-refractivity contribution is 1.18. The summed E-state index contributed by atoms with van der Waals surface area (Å²) < 4.78 is 4.83. The predicted octanol–water partition coefficient (Wildman–Crippen LogP) is 15.8. The van der Waals surface area contributed by atoms with Gasteiger partial charge in [0, 0.05) is 44.2 Å². The lowest BCUT2D eigenvalue weighted by Gasteiger charge is -2.29. The molecule has 3 nitrogen and oxygen atoms in total. The minimum atomic E-state index is 1.08. The van der Waals surface area contributed by atoms with Crippen LogP contribution in [0.4, 0.5) is 17.1 Å². The minimum Gasteiger partial charge on any atom is -0.309 e. The van der Waals surface area contributed by atoms with E-state index in [2.05, 4.69) is 251 Å². The van der Waals surface area contributed by atoms with Crippen molar-refractivity contribution in [2.24, 2.45) is 0 Å². The fourth-order valence-corrected chi connectivity index (χ4v) is 9.66. The van der Waals surface area contributed by atoms with Gasteiger partial charge in [0.25, 0.3) is 0 Å². The Bertz CT molecular complexity index is 3540. The van der Waals surface area contributed by atoms with Gasteiger partial charge in [-0.1, -0.05) is 164 Å². The Balaban J connectivity index is 1.13. The smallest absolute Gasteiger partial charge is 0.0562 e. The van der Waals surface area contributed by atoms with Crippen molar-refractivity contribution in [2.75, 3.05) is 4.90 Å². The van der Waals surface area contributed by atoms with Gasteiger partial charge in [-0.2, -0.15) is 0 Å². The van der Waals surface area contributed by atoms with Crippen molar-refractivity contribution in [3.63, 3.8) is 0 Å². The zero-order valence-electron chi connectivity index (χ0n) is 33.4. The van der Waals surface area contributed by atoms with Gasteiger partial charge in [-0.15, -0.1) is 0 Å². The van der Waals surface area contributed by atoms with E-state index in [1.54, 1.807) is 0 Å². The molecule has 0 saturated heterocycles. The van der Waals surface area contributed by atoms with E-state index in [-0.39, 0.29) is 0 Å². The van der Waals surface area contributed by atoms with Crippen molar-refractivity contribution in [1.82, 2.24) is 9.13 Å². The Morgan fingerprint density at radius 2 is 0.820 bits per heavy atom. The van der Waals surface area contributed by atoms with Gasteiger partial charge in [0.15, 0.2) is 0 Å². The normalized spacial score (nSPS) is 11.6. The van der Waals surface area contributed by atoms with Crippen LogP contribution in [-0.4, -0.2) is 9.13 Å². The van der Waals surface area contributed by atoms with Crippen LogP contribution in [0.3, 0.4) is 0 Å². The van der Waals surface area contributed by atoms with Gasteiger partial charge in [0.2, 0.25) is 0 Å². The van der Waals surface area contributed by atoms with Crippen molar-refractivity contribution >= 4 is 71.4 Å². The van der Waals surface area contributed by atoms with Crippen LogP contribution in [0.15, 0.2) is 237 Å². The maximum atomic E-state index is 2.48. The van der Waals surface area contributed by atoms with Gasteiger partial charge in [-0.25, -0.2) is 0 Å². The van der Waals surface area contributed by atoms with Gasteiger partial charge >= 0.3 is 0 Å². The molecule has 10 aromatic carbocycles. The molecule has 0 radical (unpaired) electrons. The van der Waals surface area contributed by atoms with Crippen molar-refractivity contribution < 1.29 is 0 Å². The topological polar surface area (TPSA) is 13.1 Å². The lowest BCUT2D eigenvalue weighted by atomic mass is 9.96. The molecule has 0 amide bonds. The fraction of sp³-hybridized carbons (Fsp3) is 0. The summed E-state index contributed by atoms with van der Waals surface area (Å²) >= 11 is 0. The monoisotopic (exact) mass is 777 g/mol. The highest BCUT2D eigenvalue weighted by atomic mass is 15.2. The second-order valence-corrected chi connectivity index (χ2v) is 15.7. The van der Waals surface area contributed by atoms with Crippen LogP contribution >= 0.6 is 0 Å². The fourth-order valence-electron chi connectivity index (χ4n) is 9.66. The van der Waals surface area contributed by atoms with Crippen LogP contribution in [0.5, 0.6) is 0 Å². The minimum absolute atomic E-state index is 1.08. The third-order valence-corrected chi connectivity index (χ3v) is 12.3. The first-order valence-electron chi connectivity index (χ1n) is 20.9. The first-order chi connectivity index (χ1) is 30.3. The first-order valence-corrected chi connectivity index (χ1v) is 20.9. The van der Waals surface area contributed by atoms with Gasteiger partial charge < -0.3 is 14.0 Å². The van der Waals surface area contributed by atoms with Crippen LogP contribution in [0.2, 0.25) is 0 Å². The number of para-hydroxylation sites is 5. The Kier molecular flexibility index (Phi) is 8.17. The molecule has 0 bridgehead atoms. The maximum absolute atomic E-state index is 2.48. The molecule has 2 aromatic heterocycles. The molecule has 0 aliphatic carbocycles. The SMILES string of the molecule is c1ccc(-c2ccccc2N(c2cccc(-c3cc(-n4c5ccccc5c5ccccc54)cc4ccccc34)c2)c2cccc3c2c2ccccc2n3-c2ccccc2)cc1. The lowest BCUT2D eigenvalue weighted by Crippen LogP contribution is -2.12. The molecular weight excluding hydrogens is 739 g/mol. The van der Waals surface area contributed by atoms with Crippen LogP contribution in [-0.2, 0) is 0 Å². The van der Waals surface area contributed by atoms with Gasteiger partial charge in [-0.3, -0.25) is 0 Å². The van der Waals surface area contributed by atoms with E-state index in [0.29, 0.717) is 0 Å². The van der Waals surface area contributed by atoms with Gasteiger partial charge in [0.05, 0.1) is 33.4 Å². The van der Waals surface area contributed by atoms with E-state index in [9.17, 15) is 0 Å². The summed E-state index contributed by atoms with van der Waals surface area (Å²) in [5.74, 6) is 0. The van der Waals surface area contributed by atoms with Crippen molar-refractivity contribution in [3.8, 4) is 33.6 Å². The number of hydrogen-bond donors (Lipinski definition) is 0. The molecular formula is C58H39N3. The second kappa shape index (κ2) is 14.3. The zero-order valence-corrected chi connectivity index (χ0v) is 33.4. The highest BCUT2D eigenvalue weighted by Gasteiger charge is 2.24. The number of benzene rings is 10. The molecule has 0 aliphatic rings.